The van der Waals surface area contributed by atoms with Crippen LogP contribution in [0.2, 0.25) is 0 Å². The highest BCUT2D eigenvalue weighted by atomic mass is 16.8. The summed E-state index contributed by atoms with van der Waals surface area (Å²) in [6.07, 6.45) is 0.529. The number of nitrogens with zero attached hydrogens (tertiary/aromatic N) is 6. The number of aryl methyl sites for hydroxylation is 1. The Kier molecular flexibility index (Phi) is 21.6. The molecule has 0 saturated carbocycles. The molecule has 3 amide bonds. The highest BCUT2D eigenvalue weighted by Gasteiger charge is 2.30. The second kappa shape index (κ2) is 28.1. The lowest BCUT2D eigenvalue weighted by Crippen LogP contribution is -2.36. The fraction of sp³-hybridized carbons (Fsp3) is 0.250. The molecule has 402 valence electrons. The standard InChI is InChI=1S/C15H16N4O7.C15H16N4O6.C14H14N4O7/c16-7-3-6-12(20)25-11-5-2-1-4-9(11)15(22)24-8-10-13(14(17)21)19(23)26-18-10;1-8(16)14(21)24-11-6-4-3-5-9(11)15(22)23-7-10-12(13(17)20)19(2)25-18-10;15-6-5-11(19)24-10-4-2-1-3-8(10)14(21)23-7-9-12(13(16)20)18(22)25-17-9/h1-2,4-5H,3,6-8,16H2,(H2,17,21);3-6,8H,7,16H2,1-2H3,(H-,17,20);1-4H,5-7,15H2,(H2,16,20)/p+1. The number of primary amides is 3. The number of carbonyl (C=O) groups excluding carboxylic acids is 9. The van der Waals surface area contributed by atoms with Crippen LogP contribution in [0.15, 0.2) is 86.7 Å². The molecule has 1 atom stereocenters. The van der Waals surface area contributed by atoms with Crippen LogP contribution in [0.4, 0.5) is 0 Å². The van der Waals surface area contributed by atoms with Crippen molar-refractivity contribution in [2.75, 3.05) is 13.1 Å². The minimum Gasteiger partial charge on any atom is -0.453 e. The second-order valence-electron chi connectivity index (χ2n) is 14.8. The van der Waals surface area contributed by atoms with Gasteiger partial charge in [0.15, 0.2) is 25.0 Å². The Morgan fingerprint density at radius 2 is 0.895 bits per heavy atom. The predicted octanol–water partition coefficient (Wildman–Crippen LogP) is -2.37. The average Bonchev–Trinajstić information content (AvgIpc) is 4.08. The summed E-state index contributed by atoms with van der Waals surface area (Å²) in [7, 11) is 1.43. The molecule has 3 aromatic carbocycles. The van der Waals surface area contributed by atoms with Crippen molar-refractivity contribution >= 4 is 53.5 Å². The lowest BCUT2D eigenvalue weighted by molar-refractivity contribution is -0.855. The van der Waals surface area contributed by atoms with Crippen molar-refractivity contribution in [2.24, 2.45) is 41.4 Å². The highest BCUT2D eigenvalue weighted by molar-refractivity contribution is 5.96. The molecule has 6 rings (SSSR count). The lowest BCUT2D eigenvalue weighted by Gasteiger charge is -2.10. The maximum absolute atomic E-state index is 12.3. The zero-order valence-corrected chi connectivity index (χ0v) is 40.0. The fourth-order valence-corrected chi connectivity index (χ4v) is 5.69. The zero-order valence-electron chi connectivity index (χ0n) is 40.0. The summed E-state index contributed by atoms with van der Waals surface area (Å²) in [4.78, 5) is 105. The van der Waals surface area contributed by atoms with Gasteiger partial charge in [0.05, 0.1) is 6.42 Å². The van der Waals surface area contributed by atoms with Crippen LogP contribution in [0, 0.1) is 10.4 Å². The smallest absolute Gasteiger partial charge is 0.342 e. The summed E-state index contributed by atoms with van der Waals surface area (Å²) in [5, 5.41) is 32.7. The number of carbonyl (C=O) groups is 9. The number of ether oxygens (including phenoxy) is 6. The van der Waals surface area contributed by atoms with E-state index in [1.165, 1.54) is 56.4 Å². The average molecular weight is 1060 g/mol. The van der Waals surface area contributed by atoms with Gasteiger partial charge in [-0.1, -0.05) is 45.8 Å². The molecule has 12 N–H and O–H groups in total. The molecule has 3 heterocycles. The molecular weight excluding hydrogens is 1020 g/mol. The first-order valence-corrected chi connectivity index (χ1v) is 21.7. The molecule has 6 aromatic rings. The molecule has 0 bridgehead atoms. The summed E-state index contributed by atoms with van der Waals surface area (Å²) in [6, 6.07) is 17.0. The molecule has 3 aromatic heterocycles. The van der Waals surface area contributed by atoms with E-state index in [4.69, 9.17) is 67.5 Å². The second-order valence-corrected chi connectivity index (χ2v) is 14.8. The Labute approximate surface area is 426 Å². The summed E-state index contributed by atoms with van der Waals surface area (Å²) in [5.41, 5.74) is 29.7. The third-order valence-corrected chi connectivity index (χ3v) is 9.23. The quantitative estimate of drug-likeness (QED) is 0.0144. The van der Waals surface area contributed by atoms with Crippen LogP contribution in [0.3, 0.4) is 0 Å². The van der Waals surface area contributed by atoms with Gasteiger partial charge >= 0.3 is 35.8 Å². The van der Waals surface area contributed by atoms with Crippen LogP contribution < -0.4 is 63.2 Å². The number of benzene rings is 3. The first-order chi connectivity index (χ1) is 36.2. The van der Waals surface area contributed by atoms with Crippen molar-refractivity contribution in [3.63, 3.8) is 0 Å². The third-order valence-electron chi connectivity index (χ3n) is 9.23. The van der Waals surface area contributed by atoms with Crippen LogP contribution in [-0.2, 0) is 55.5 Å². The normalized spacial score (nSPS) is 10.8. The Bertz CT molecular complexity index is 3080. The van der Waals surface area contributed by atoms with E-state index in [9.17, 15) is 53.6 Å². The Morgan fingerprint density at radius 3 is 1.26 bits per heavy atom. The van der Waals surface area contributed by atoms with E-state index >= 15 is 0 Å². The third kappa shape index (κ3) is 16.4. The van der Waals surface area contributed by atoms with E-state index in [1.807, 2.05) is 0 Å². The number of nitrogens with two attached hydrogens (primary N) is 6. The predicted molar refractivity (Wildman–Crippen MR) is 243 cm³/mol. The van der Waals surface area contributed by atoms with Gasteiger partial charge in [0.2, 0.25) is 0 Å². The number of rotatable bonds is 21. The molecule has 0 spiro atoms. The van der Waals surface area contributed by atoms with Crippen molar-refractivity contribution in [1.29, 1.82) is 0 Å². The van der Waals surface area contributed by atoms with Gasteiger partial charge in [0.25, 0.3) is 51.9 Å². The van der Waals surface area contributed by atoms with Crippen molar-refractivity contribution in [3.8, 4) is 17.2 Å². The van der Waals surface area contributed by atoms with E-state index < -0.39 is 84.2 Å². The first kappa shape index (κ1) is 58.4. The Balaban J connectivity index is 0.000000246. The van der Waals surface area contributed by atoms with Gasteiger partial charge < -0.3 is 73.2 Å². The van der Waals surface area contributed by atoms with E-state index in [-0.39, 0.29) is 92.5 Å². The van der Waals surface area contributed by atoms with Crippen molar-refractivity contribution in [1.82, 2.24) is 15.5 Å². The lowest BCUT2D eigenvalue weighted by atomic mass is 10.2. The SMILES string of the molecule is CC(N)C(=O)Oc1ccccc1C(=O)OCc1no[n+](C)c1C(N)=O.NCCC(=O)Oc1ccccc1C(=O)OCc1no[n+]([O-])c1C(N)=O.NCCCC(=O)Oc1ccccc1C(=O)OCc1no[n+]([O-])c1C(N)=O. The molecular formula is C44H47N12O20+. The minimum atomic E-state index is -1.08. The zero-order chi connectivity index (χ0) is 56.1. The molecule has 0 radical (unpaired) electrons. The van der Waals surface area contributed by atoms with E-state index in [0.29, 0.717) is 13.0 Å². The van der Waals surface area contributed by atoms with Crippen LogP contribution in [0.5, 0.6) is 17.2 Å². The van der Waals surface area contributed by atoms with Crippen molar-refractivity contribution in [2.45, 2.75) is 52.0 Å². The largest absolute Gasteiger partial charge is 0.453 e. The molecule has 0 saturated heterocycles. The van der Waals surface area contributed by atoms with Gasteiger partial charge in [-0.25, -0.2) is 19.2 Å². The summed E-state index contributed by atoms with van der Waals surface area (Å²) >= 11 is 0. The molecule has 32 nitrogen and oxygen atoms in total. The molecule has 0 aliphatic carbocycles. The number of amides is 3. The summed E-state index contributed by atoms with van der Waals surface area (Å²) in [6.45, 7) is 0.462. The minimum absolute atomic E-state index is 0.00804. The maximum atomic E-state index is 12.3. The van der Waals surface area contributed by atoms with Gasteiger partial charge in [-0.3, -0.25) is 33.2 Å². The number of hydrogen-bond donors (Lipinski definition) is 6. The fourth-order valence-electron chi connectivity index (χ4n) is 5.69. The van der Waals surface area contributed by atoms with Crippen LogP contribution in [0.1, 0.15) is 106 Å². The monoisotopic (exact) mass is 1060 g/mol. The van der Waals surface area contributed by atoms with E-state index in [1.54, 1.807) is 30.3 Å². The van der Waals surface area contributed by atoms with Gasteiger partial charge in [-0.2, -0.15) is 0 Å². The molecule has 76 heavy (non-hydrogen) atoms. The van der Waals surface area contributed by atoms with Crippen molar-refractivity contribution < 1.29 is 100 Å². The highest BCUT2D eigenvalue weighted by Crippen LogP contribution is 2.23. The molecule has 0 aliphatic rings. The number of esters is 6. The Hall–Kier alpha value is -10.2. The van der Waals surface area contributed by atoms with Crippen LogP contribution in [-0.4, -0.2) is 88.1 Å². The van der Waals surface area contributed by atoms with Gasteiger partial charge in [-0.15, -0.1) is 0 Å². The van der Waals surface area contributed by atoms with Gasteiger partial charge in [0.1, 0.15) is 47.0 Å². The van der Waals surface area contributed by atoms with E-state index in [2.05, 4.69) is 24.7 Å². The van der Waals surface area contributed by atoms with Crippen molar-refractivity contribution in [3.05, 3.63) is 134 Å². The van der Waals surface area contributed by atoms with Crippen LogP contribution in [0.25, 0.3) is 0 Å². The van der Waals surface area contributed by atoms with E-state index in [0.717, 1.165) is 4.74 Å². The van der Waals surface area contributed by atoms with Crippen LogP contribution >= 0.6 is 0 Å². The first-order valence-electron chi connectivity index (χ1n) is 21.7. The summed E-state index contributed by atoms with van der Waals surface area (Å²) < 4.78 is 44.6. The summed E-state index contributed by atoms with van der Waals surface area (Å²) in [5.74, 6) is -7.30. The van der Waals surface area contributed by atoms with Gasteiger partial charge in [-0.05, 0) is 66.1 Å². The number of aromatic nitrogens is 6. The number of para-hydroxylation sites is 3. The topological polar surface area (TPSA) is 501 Å². The molecule has 0 fully saturated rings. The number of hydrogen-bond acceptors (Lipinski definition) is 26. The molecule has 0 aliphatic heterocycles. The molecule has 1 unspecified atom stereocenters. The Morgan fingerprint density at radius 1 is 0.539 bits per heavy atom. The molecule has 32 heteroatoms. The van der Waals surface area contributed by atoms with Gasteiger partial charge in [0, 0.05) is 23.3 Å². The maximum Gasteiger partial charge on any atom is 0.342 e.